The minimum atomic E-state index is 0.241. The molecule has 2 aromatic rings. The smallest absolute Gasteiger partial charge is 0.219 e. The summed E-state index contributed by atoms with van der Waals surface area (Å²) in [7, 11) is 0. The molecular formula is C15H15Cl3N2O. The standard InChI is InChI=1S/C15H15Cl3N2O/c1-3-19-9(2)10-4-5-15(20-8-10)21-14-7-12(17)11(16)6-13(14)18/h4-9,19H,3H2,1-2H3. The number of aromatic nitrogens is 1. The molecule has 2 rings (SSSR count). The van der Waals surface area contributed by atoms with E-state index in [-0.39, 0.29) is 6.04 Å². The van der Waals surface area contributed by atoms with Gasteiger partial charge in [-0.3, -0.25) is 0 Å². The van der Waals surface area contributed by atoms with Gasteiger partial charge in [0, 0.05) is 24.4 Å². The summed E-state index contributed by atoms with van der Waals surface area (Å²) >= 11 is 17.9. The molecule has 1 aromatic carbocycles. The van der Waals surface area contributed by atoms with Crippen molar-refractivity contribution >= 4 is 34.8 Å². The molecule has 0 aliphatic rings. The lowest BCUT2D eigenvalue weighted by atomic mass is 10.1. The topological polar surface area (TPSA) is 34.1 Å². The number of rotatable bonds is 5. The first-order chi connectivity index (χ1) is 10.0. The molecule has 0 aliphatic heterocycles. The Bertz CT molecular complexity index is 617. The Morgan fingerprint density at radius 1 is 1.14 bits per heavy atom. The van der Waals surface area contributed by atoms with Gasteiger partial charge in [0.2, 0.25) is 5.88 Å². The molecule has 0 bridgehead atoms. The summed E-state index contributed by atoms with van der Waals surface area (Å²) in [4.78, 5) is 4.27. The van der Waals surface area contributed by atoms with E-state index in [1.54, 1.807) is 24.4 Å². The second kappa shape index (κ2) is 7.32. The summed E-state index contributed by atoms with van der Waals surface area (Å²) in [5, 5.41) is 4.47. The summed E-state index contributed by atoms with van der Waals surface area (Å²) in [5.41, 5.74) is 1.09. The van der Waals surface area contributed by atoms with Crippen molar-refractivity contribution < 1.29 is 4.74 Å². The van der Waals surface area contributed by atoms with E-state index in [0.717, 1.165) is 12.1 Å². The molecule has 1 atom stereocenters. The molecule has 0 radical (unpaired) electrons. The van der Waals surface area contributed by atoms with Crippen LogP contribution in [0.2, 0.25) is 15.1 Å². The number of hydrogen-bond donors (Lipinski definition) is 1. The summed E-state index contributed by atoms with van der Waals surface area (Å²) in [6, 6.07) is 7.11. The zero-order valence-corrected chi connectivity index (χ0v) is 13.9. The van der Waals surface area contributed by atoms with Crippen LogP contribution in [0.25, 0.3) is 0 Å². The van der Waals surface area contributed by atoms with E-state index < -0.39 is 0 Å². The fourth-order valence-corrected chi connectivity index (χ4v) is 2.40. The highest BCUT2D eigenvalue weighted by molar-refractivity contribution is 6.43. The third-order valence-electron chi connectivity index (χ3n) is 2.96. The molecule has 0 saturated heterocycles. The van der Waals surface area contributed by atoms with Crippen LogP contribution in [0.4, 0.5) is 0 Å². The van der Waals surface area contributed by atoms with Crippen LogP contribution in [-0.2, 0) is 0 Å². The summed E-state index contributed by atoms with van der Waals surface area (Å²) < 4.78 is 5.63. The van der Waals surface area contributed by atoms with Crippen LogP contribution in [0.1, 0.15) is 25.5 Å². The average Bonchev–Trinajstić information content (AvgIpc) is 2.46. The maximum absolute atomic E-state index is 6.07. The van der Waals surface area contributed by atoms with Crippen LogP contribution >= 0.6 is 34.8 Å². The molecule has 1 heterocycles. The lowest BCUT2D eigenvalue weighted by molar-refractivity contribution is 0.462. The Kier molecular flexibility index (Phi) is 5.71. The van der Waals surface area contributed by atoms with E-state index >= 15 is 0 Å². The predicted molar refractivity (Wildman–Crippen MR) is 87.9 cm³/mol. The Morgan fingerprint density at radius 3 is 2.48 bits per heavy atom. The Morgan fingerprint density at radius 2 is 1.86 bits per heavy atom. The second-order valence-corrected chi connectivity index (χ2v) is 5.73. The highest BCUT2D eigenvalue weighted by Gasteiger charge is 2.10. The molecule has 0 saturated carbocycles. The van der Waals surface area contributed by atoms with E-state index in [1.807, 2.05) is 6.07 Å². The molecule has 1 unspecified atom stereocenters. The van der Waals surface area contributed by atoms with E-state index in [9.17, 15) is 0 Å². The predicted octanol–water partition coefficient (Wildman–Crippen LogP) is 5.50. The second-order valence-electron chi connectivity index (χ2n) is 4.51. The van der Waals surface area contributed by atoms with Crippen LogP contribution in [0.3, 0.4) is 0 Å². The number of nitrogens with zero attached hydrogens (tertiary/aromatic N) is 1. The van der Waals surface area contributed by atoms with Crippen LogP contribution in [-0.4, -0.2) is 11.5 Å². The number of ether oxygens (including phenoxy) is 1. The van der Waals surface area contributed by atoms with Crippen molar-refractivity contribution in [3.05, 3.63) is 51.1 Å². The monoisotopic (exact) mass is 344 g/mol. The molecule has 3 nitrogen and oxygen atoms in total. The minimum absolute atomic E-state index is 0.241. The molecule has 1 aromatic heterocycles. The van der Waals surface area contributed by atoms with E-state index in [1.165, 1.54) is 0 Å². The van der Waals surface area contributed by atoms with Crippen LogP contribution in [0, 0.1) is 0 Å². The van der Waals surface area contributed by atoms with Crippen LogP contribution < -0.4 is 10.1 Å². The van der Waals surface area contributed by atoms with Gasteiger partial charge in [-0.2, -0.15) is 0 Å². The summed E-state index contributed by atoms with van der Waals surface area (Å²) in [6.07, 6.45) is 1.77. The molecule has 1 N–H and O–H groups in total. The molecule has 21 heavy (non-hydrogen) atoms. The number of benzene rings is 1. The zero-order valence-electron chi connectivity index (χ0n) is 11.7. The fourth-order valence-electron chi connectivity index (χ4n) is 1.83. The molecule has 0 fully saturated rings. The largest absolute Gasteiger partial charge is 0.437 e. The molecule has 112 valence electrons. The normalized spacial score (nSPS) is 12.2. The van der Waals surface area contributed by atoms with Gasteiger partial charge >= 0.3 is 0 Å². The molecular weight excluding hydrogens is 331 g/mol. The summed E-state index contributed by atoms with van der Waals surface area (Å²) in [5.74, 6) is 0.869. The lowest BCUT2D eigenvalue weighted by Gasteiger charge is -2.13. The number of hydrogen-bond acceptors (Lipinski definition) is 3. The quantitative estimate of drug-likeness (QED) is 0.726. The van der Waals surface area contributed by atoms with Gasteiger partial charge < -0.3 is 10.1 Å². The SMILES string of the molecule is CCNC(C)c1ccc(Oc2cc(Cl)c(Cl)cc2Cl)nc1. The van der Waals surface area contributed by atoms with Gasteiger partial charge in [-0.1, -0.05) is 47.8 Å². The van der Waals surface area contributed by atoms with Gasteiger partial charge in [-0.25, -0.2) is 4.98 Å². The Balaban J connectivity index is 2.15. The van der Waals surface area contributed by atoms with Crippen molar-refractivity contribution in [2.75, 3.05) is 6.54 Å². The van der Waals surface area contributed by atoms with Crippen molar-refractivity contribution in [2.24, 2.45) is 0 Å². The van der Waals surface area contributed by atoms with Gasteiger partial charge in [0.25, 0.3) is 0 Å². The maximum atomic E-state index is 6.07. The van der Waals surface area contributed by atoms with Crippen molar-refractivity contribution in [1.29, 1.82) is 0 Å². The van der Waals surface area contributed by atoms with Gasteiger partial charge in [0.05, 0.1) is 15.1 Å². The van der Waals surface area contributed by atoms with Gasteiger partial charge in [0.15, 0.2) is 0 Å². The van der Waals surface area contributed by atoms with Crippen molar-refractivity contribution in [2.45, 2.75) is 19.9 Å². The third kappa shape index (κ3) is 4.24. The molecule has 6 heteroatoms. The van der Waals surface area contributed by atoms with Gasteiger partial charge in [-0.15, -0.1) is 0 Å². The highest BCUT2D eigenvalue weighted by atomic mass is 35.5. The van der Waals surface area contributed by atoms with Gasteiger partial charge in [0.1, 0.15) is 5.75 Å². The highest BCUT2D eigenvalue weighted by Crippen LogP contribution is 2.35. The molecule has 0 aliphatic carbocycles. The third-order valence-corrected chi connectivity index (χ3v) is 3.98. The molecule has 0 spiro atoms. The Labute approximate surface area is 139 Å². The maximum Gasteiger partial charge on any atom is 0.219 e. The molecule has 0 amide bonds. The first kappa shape index (κ1) is 16.4. The Hall–Kier alpha value is -1.000. The van der Waals surface area contributed by atoms with Crippen LogP contribution in [0.5, 0.6) is 11.6 Å². The van der Waals surface area contributed by atoms with Crippen LogP contribution in [0.15, 0.2) is 30.5 Å². The van der Waals surface area contributed by atoms with E-state index in [0.29, 0.717) is 26.7 Å². The number of halogens is 3. The zero-order chi connectivity index (χ0) is 15.4. The first-order valence-corrected chi connectivity index (χ1v) is 7.66. The minimum Gasteiger partial charge on any atom is -0.437 e. The number of pyridine rings is 1. The summed E-state index contributed by atoms with van der Waals surface area (Å²) in [6.45, 7) is 5.04. The van der Waals surface area contributed by atoms with Crippen molar-refractivity contribution in [3.8, 4) is 11.6 Å². The first-order valence-electron chi connectivity index (χ1n) is 6.53. The fraction of sp³-hybridized carbons (Fsp3) is 0.267. The van der Waals surface area contributed by atoms with Gasteiger partial charge in [-0.05, 0) is 25.1 Å². The average molecular weight is 346 g/mol. The van der Waals surface area contributed by atoms with E-state index in [2.05, 4.69) is 24.1 Å². The van der Waals surface area contributed by atoms with Crippen molar-refractivity contribution in [3.63, 3.8) is 0 Å². The van der Waals surface area contributed by atoms with E-state index in [4.69, 9.17) is 39.5 Å². The lowest BCUT2D eigenvalue weighted by Crippen LogP contribution is -2.17. The number of nitrogens with one attached hydrogen (secondary N) is 1. The van der Waals surface area contributed by atoms with Crippen molar-refractivity contribution in [1.82, 2.24) is 10.3 Å².